The van der Waals surface area contributed by atoms with Gasteiger partial charge >= 0.3 is 0 Å². The maximum atomic E-state index is 12.1. The average Bonchev–Trinajstić information content (AvgIpc) is 2.98. The summed E-state index contributed by atoms with van der Waals surface area (Å²) in [7, 11) is -0.166. The van der Waals surface area contributed by atoms with Gasteiger partial charge in [0.1, 0.15) is 11.6 Å². The van der Waals surface area contributed by atoms with E-state index in [0.29, 0.717) is 18.1 Å². The molecule has 142 valence electrons. The number of nitrogens with zero attached hydrogens (tertiary/aromatic N) is 5. The van der Waals surface area contributed by atoms with E-state index in [2.05, 4.69) is 15.8 Å². The number of aromatic nitrogens is 3. The summed E-state index contributed by atoms with van der Waals surface area (Å²) in [4.78, 5) is 11.4. The number of hydrogen-bond acceptors (Lipinski definition) is 4. The number of aryl methyl sites for hydroxylation is 1. The number of halogens is 1. The SMILES string of the molecule is C=S(C)(=O)N1CCN(c2cc(-c3nc4ccccc4n3C)c(Cl)cn2)CC1. The third kappa shape index (κ3) is 3.42. The van der Waals surface area contributed by atoms with Gasteiger partial charge < -0.3 is 9.47 Å². The number of anilines is 1. The molecule has 8 heteroatoms. The molecule has 2 aromatic heterocycles. The topological polar surface area (TPSA) is 54.3 Å². The highest BCUT2D eigenvalue weighted by Crippen LogP contribution is 2.32. The van der Waals surface area contributed by atoms with Gasteiger partial charge in [0.05, 0.1) is 16.1 Å². The maximum absolute atomic E-state index is 12.1. The van der Waals surface area contributed by atoms with Gasteiger partial charge in [0, 0.05) is 61.0 Å². The monoisotopic (exact) mass is 403 g/mol. The largest absolute Gasteiger partial charge is 0.354 e. The molecule has 3 aromatic rings. The van der Waals surface area contributed by atoms with Crippen molar-refractivity contribution >= 4 is 44.0 Å². The van der Waals surface area contributed by atoms with Crippen molar-refractivity contribution in [3.63, 3.8) is 0 Å². The summed E-state index contributed by atoms with van der Waals surface area (Å²) in [5.74, 6) is 5.45. The zero-order valence-corrected chi connectivity index (χ0v) is 17.0. The highest BCUT2D eigenvalue weighted by molar-refractivity contribution is 7.97. The normalized spacial score (nSPS) is 18.0. The molecule has 0 aliphatic carbocycles. The highest BCUT2D eigenvalue weighted by Gasteiger charge is 2.22. The Kier molecular flexibility index (Phi) is 4.61. The number of hydrogen-bond donors (Lipinski definition) is 0. The first-order valence-corrected chi connectivity index (χ1v) is 11.2. The number of piperazine rings is 1. The number of rotatable bonds is 3. The lowest BCUT2D eigenvalue weighted by atomic mass is 10.2. The van der Waals surface area contributed by atoms with E-state index in [1.165, 1.54) is 0 Å². The summed E-state index contributed by atoms with van der Waals surface area (Å²) in [6.45, 7) is 2.89. The molecule has 0 saturated carbocycles. The van der Waals surface area contributed by atoms with E-state index in [9.17, 15) is 4.21 Å². The Morgan fingerprint density at radius 2 is 1.89 bits per heavy atom. The van der Waals surface area contributed by atoms with E-state index in [1.807, 2.05) is 46.3 Å². The van der Waals surface area contributed by atoms with Gasteiger partial charge in [-0.25, -0.2) is 14.3 Å². The summed E-state index contributed by atoms with van der Waals surface area (Å²) in [6, 6.07) is 10.0. The smallest absolute Gasteiger partial charge is 0.142 e. The lowest BCUT2D eigenvalue weighted by Crippen LogP contribution is -2.48. The lowest BCUT2D eigenvalue weighted by molar-refractivity contribution is 0.409. The highest BCUT2D eigenvalue weighted by atomic mass is 35.5. The quantitative estimate of drug-likeness (QED) is 0.631. The van der Waals surface area contributed by atoms with E-state index in [4.69, 9.17) is 16.6 Å². The Balaban J connectivity index is 1.67. The minimum Gasteiger partial charge on any atom is -0.354 e. The number of imidazole rings is 1. The van der Waals surface area contributed by atoms with Crippen molar-refractivity contribution in [3.8, 4) is 11.4 Å². The lowest BCUT2D eigenvalue weighted by Gasteiger charge is -2.35. The molecule has 0 amide bonds. The number of fused-ring (bicyclic) bond motifs is 1. The molecule has 1 aromatic carbocycles. The first-order chi connectivity index (χ1) is 12.8. The second-order valence-corrected chi connectivity index (χ2v) is 9.72. The molecular weight excluding hydrogens is 382 g/mol. The van der Waals surface area contributed by atoms with Crippen LogP contribution in [0, 0.1) is 0 Å². The molecule has 3 heterocycles. The maximum Gasteiger partial charge on any atom is 0.142 e. The van der Waals surface area contributed by atoms with Crippen molar-refractivity contribution in [2.24, 2.45) is 7.05 Å². The molecule has 1 unspecified atom stereocenters. The van der Waals surface area contributed by atoms with Crippen LogP contribution in [0.4, 0.5) is 5.82 Å². The first-order valence-electron chi connectivity index (χ1n) is 8.74. The van der Waals surface area contributed by atoms with Crippen molar-refractivity contribution in [1.82, 2.24) is 18.8 Å². The number of benzene rings is 1. The first kappa shape index (κ1) is 18.3. The van der Waals surface area contributed by atoms with Crippen LogP contribution in [0.2, 0.25) is 5.02 Å². The van der Waals surface area contributed by atoms with Crippen molar-refractivity contribution in [2.75, 3.05) is 37.3 Å². The van der Waals surface area contributed by atoms with Gasteiger partial charge in [-0.2, -0.15) is 0 Å². The van der Waals surface area contributed by atoms with Crippen LogP contribution in [0.25, 0.3) is 22.4 Å². The van der Waals surface area contributed by atoms with Crippen LogP contribution >= 0.6 is 11.6 Å². The Morgan fingerprint density at radius 3 is 2.56 bits per heavy atom. The molecular formula is C19H22ClN5OS. The number of pyridine rings is 1. The molecule has 4 rings (SSSR count). The Bertz CT molecular complexity index is 1100. The Morgan fingerprint density at radius 1 is 1.19 bits per heavy atom. The summed E-state index contributed by atoms with van der Waals surface area (Å²) >= 11 is 6.46. The van der Waals surface area contributed by atoms with Gasteiger partial charge in [-0.15, -0.1) is 0 Å². The molecule has 1 atom stereocenters. The fourth-order valence-corrected chi connectivity index (χ4v) is 4.59. The summed E-state index contributed by atoms with van der Waals surface area (Å²) in [6.07, 6.45) is 3.37. The van der Waals surface area contributed by atoms with Gasteiger partial charge in [0.15, 0.2) is 0 Å². The molecule has 6 nitrogen and oxygen atoms in total. The Labute approximate surface area is 164 Å². The molecule has 0 spiro atoms. The van der Waals surface area contributed by atoms with E-state index in [0.717, 1.165) is 41.3 Å². The predicted octanol–water partition coefficient (Wildman–Crippen LogP) is 2.67. The van der Waals surface area contributed by atoms with Gasteiger partial charge in [0.2, 0.25) is 0 Å². The molecule has 27 heavy (non-hydrogen) atoms. The van der Waals surface area contributed by atoms with Crippen LogP contribution < -0.4 is 4.90 Å². The molecule has 1 saturated heterocycles. The third-order valence-electron chi connectivity index (χ3n) is 4.98. The zero-order valence-electron chi connectivity index (χ0n) is 15.4. The standard InChI is InChI=1S/C19H22ClN5OS/c1-23-17-7-5-4-6-16(17)22-19(23)14-12-18(21-13-15(14)20)24-8-10-25(11-9-24)27(2,3)26/h4-7,12-13H,2,8-11H2,1,3H3. The van der Waals surface area contributed by atoms with E-state index >= 15 is 0 Å². The fourth-order valence-electron chi connectivity index (χ4n) is 3.46. The molecule has 0 radical (unpaired) electrons. The average molecular weight is 404 g/mol. The van der Waals surface area contributed by atoms with E-state index in [1.54, 1.807) is 12.5 Å². The van der Waals surface area contributed by atoms with E-state index in [-0.39, 0.29) is 0 Å². The van der Waals surface area contributed by atoms with Gasteiger partial charge in [-0.05, 0) is 24.1 Å². The number of para-hydroxylation sites is 2. The van der Waals surface area contributed by atoms with Crippen LogP contribution in [0.1, 0.15) is 0 Å². The summed E-state index contributed by atoms with van der Waals surface area (Å²) in [5, 5.41) is 0.574. The molecule has 1 aliphatic rings. The second-order valence-electron chi connectivity index (χ2n) is 6.88. The van der Waals surface area contributed by atoms with Crippen molar-refractivity contribution in [3.05, 3.63) is 41.6 Å². The molecule has 0 bridgehead atoms. The predicted molar refractivity (Wildman–Crippen MR) is 114 cm³/mol. The molecule has 1 fully saturated rings. The van der Waals surface area contributed by atoms with Gasteiger partial charge in [0.25, 0.3) is 0 Å². The second kappa shape index (κ2) is 6.82. The summed E-state index contributed by atoms with van der Waals surface area (Å²) in [5.41, 5.74) is 2.86. The fraction of sp³-hybridized carbons (Fsp3) is 0.316. The summed E-state index contributed by atoms with van der Waals surface area (Å²) < 4.78 is 16.1. The minimum atomic E-state index is -2.16. The third-order valence-corrected chi connectivity index (χ3v) is 6.74. The van der Waals surface area contributed by atoms with Crippen molar-refractivity contribution in [1.29, 1.82) is 0 Å². The van der Waals surface area contributed by atoms with Crippen molar-refractivity contribution < 1.29 is 4.21 Å². The molecule has 1 aliphatic heterocycles. The van der Waals surface area contributed by atoms with E-state index < -0.39 is 9.71 Å². The van der Waals surface area contributed by atoms with Gasteiger partial charge in [-0.3, -0.25) is 4.21 Å². The van der Waals surface area contributed by atoms with Gasteiger partial charge in [-0.1, -0.05) is 23.7 Å². The minimum absolute atomic E-state index is 0.574. The van der Waals surface area contributed by atoms with Crippen LogP contribution in [-0.4, -0.2) is 61.4 Å². The molecule has 0 N–H and O–H groups in total. The van der Waals surface area contributed by atoms with Crippen LogP contribution in [0.5, 0.6) is 0 Å². The van der Waals surface area contributed by atoms with Crippen LogP contribution in [0.15, 0.2) is 36.5 Å². The van der Waals surface area contributed by atoms with Crippen LogP contribution in [-0.2, 0) is 16.8 Å². The van der Waals surface area contributed by atoms with Crippen LogP contribution in [0.3, 0.4) is 0 Å². The zero-order chi connectivity index (χ0) is 19.2. The Hall–Kier alpha value is -2.09. The van der Waals surface area contributed by atoms with Crippen molar-refractivity contribution in [2.45, 2.75) is 0 Å².